The number of nitrogens with one attached hydrogen (secondary N) is 2. The van der Waals surface area contributed by atoms with Gasteiger partial charge < -0.3 is 25.2 Å². The number of carbonyl (C=O) groups is 3. The van der Waals surface area contributed by atoms with E-state index in [1.165, 1.54) is 0 Å². The molecule has 1 aromatic rings. The van der Waals surface area contributed by atoms with E-state index >= 15 is 0 Å². The molecule has 2 spiro atoms. The van der Waals surface area contributed by atoms with Crippen LogP contribution in [0, 0.1) is 11.8 Å². The Bertz CT molecular complexity index is 1010. The Morgan fingerprint density at radius 3 is 2.90 bits per heavy atom. The maximum atomic E-state index is 13.6. The van der Waals surface area contributed by atoms with Crippen LogP contribution in [-0.4, -0.2) is 71.6 Å². The summed E-state index contributed by atoms with van der Waals surface area (Å²) in [6.07, 6.45) is 5.04. The SMILES string of the molecule is CN1CC23C=CC(O2)C(C(=O)N2CCCC4(C2)NC(=O)c2ccccc2N4)C3C1=O. The first-order chi connectivity index (χ1) is 14.4. The summed E-state index contributed by atoms with van der Waals surface area (Å²) < 4.78 is 6.14. The Balaban J connectivity index is 1.28. The fourth-order valence-electron chi connectivity index (χ4n) is 6.00. The zero-order valence-electron chi connectivity index (χ0n) is 16.8. The maximum absolute atomic E-state index is 13.6. The molecule has 0 radical (unpaired) electrons. The second kappa shape index (κ2) is 5.85. The first-order valence-corrected chi connectivity index (χ1v) is 10.5. The zero-order valence-corrected chi connectivity index (χ0v) is 16.8. The van der Waals surface area contributed by atoms with Crippen LogP contribution in [0.4, 0.5) is 5.69 Å². The molecule has 8 nitrogen and oxygen atoms in total. The lowest BCUT2D eigenvalue weighted by Gasteiger charge is -2.47. The van der Waals surface area contributed by atoms with Crippen molar-refractivity contribution in [3.63, 3.8) is 0 Å². The Morgan fingerprint density at radius 1 is 1.20 bits per heavy atom. The molecule has 3 fully saturated rings. The molecule has 156 valence electrons. The first kappa shape index (κ1) is 17.9. The minimum absolute atomic E-state index is 0.0232. The van der Waals surface area contributed by atoms with E-state index in [1.54, 1.807) is 22.9 Å². The number of benzene rings is 1. The van der Waals surface area contributed by atoms with Gasteiger partial charge in [0.2, 0.25) is 11.8 Å². The zero-order chi connectivity index (χ0) is 20.7. The van der Waals surface area contributed by atoms with Gasteiger partial charge in [0.1, 0.15) is 11.3 Å². The van der Waals surface area contributed by atoms with Gasteiger partial charge >= 0.3 is 0 Å². The van der Waals surface area contributed by atoms with E-state index in [0.717, 1.165) is 18.5 Å². The van der Waals surface area contributed by atoms with Gasteiger partial charge in [0, 0.05) is 19.3 Å². The van der Waals surface area contributed by atoms with Crippen molar-refractivity contribution in [2.45, 2.75) is 30.2 Å². The average Bonchev–Trinajstić information content (AvgIpc) is 3.35. The molecule has 5 heterocycles. The molecule has 8 heteroatoms. The summed E-state index contributed by atoms with van der Waals surface area (Å²) in [5, 5.41) is 6.56. The number of likely N-dealkylation sites (N-methyl/N-ethyl adjacent to an activating group) is 1. The summed E-state index contributed by atoms with van der Waals surface area (Å²) in [5.74, 6) is -1.18. The number of fused-ring (bicyclic) bond motifs is 2. The lowest BCUT2D eigenvalue weighted by Crippen LogP contribution is -2.66. The van der Waals surface area contributed by atoms with E-state index in [1.807, 2.05) is 30.4 Å². The molecular formula is C22H24N4O4. The number of hydrogen-bond acceptors (Lipinski definition) is 5. The molecule has 5 atom stereocenters. The highest BCUT2D eigenvalue weighted by molar-refractivity contribution is 6.02. The van der Waals surface area contributed by atoms with Gasteiger partial charge in [-0.25, -0.2) is 0 Å². The Kier molecular flexibility index (Phi) is 3.50. The van der Waals surface area contributed by atoms with Crippen molar-refractivity contribution < 1.29 is 19.1 Å². The molecular weight excluding hydrogens is 384 g/mol. The number of rotatable bonds is 1. The topological polar surface area (TPSA) is 91.0 Å². The predicted octanol–water partition coefficient (Wildman–Crippen LogP) is 0.572. The highest BCUT2D eigenvalue weighted by Gasteiger charge is 2.66. The molecule has 5 aliphatic rings. The second-order valence-corrected chi connectivity index (χ2v) is 9.16. The molecule has 5 aliphatic heterocycles. The molecule has 2 bridgehead atoms. The second-order valence-electron chi connectivity index (χ2n) is 9.16. The van der Waals surface area contributed by atoms with E-state index < -0.39 is 23.1 Å². The fraction of sp³-hybridized carbons (Fsp3) is 0.500. The predicted molar refractivity (Wildman–Crippen MR) is 107 cm³/mol. The van der Waals surface area contributed by atoms with Crippen molar-refractivity contribution in [3.05, 3.63) is 42.0 Å². The fourth-order valence-corrected chi connectivity index (χ4v) is 6.00. The van der Waals surface area contributed by atoms with Gasteiger partial charge in [0.25, 0.3) is 5.91 Å². The number of piperidine rings is 1. The van der Waals surface area contributed by atoms with Crippen LogP contribution in [0.1, 0.15) is 23.2 Å². The molecule has 30 heavy (non-hydrogen) atoms. The number of para-hydroxylation sites is 1. The standard InChI is InChI=1S/C22H24N4O4/c1-25-11-21-9-7-15(30-21)16(17(21)20(25)29)19(28)26-10-4-8-22(12-26)23-14-6-3-2-5-13(14)18(27)24-22/h2-3,5-7,9,15-17,23H,4,8,10-12H2,1H3,(H,24,27). The summed E-state index contributed by atoms with van der Waals surface area (Å²) in [6, 6.07) is 7.41. The van der Waals surface area contributed by atoms with Crippen LogP contribution in [0.15, 0.2) is 36.4 Å². The van der Waals surface area contributed by atoms with Crippen LogP contribution < -0.4 is 10.6 Å². The summed E-state index contributed by atoms with van der Waals surface area (Å²) in [6.45, 7) is 1.46. The quantitative estimate of drug-likeness (QED) is 0.663. The third kappa shape index (κ3) is 2.28. The van der Waals surface area contributed by atoms with Crippen LogP contribution in [0.2, 0.25) is 0 Å². The van der Waals surface area contributed by atoms with E-state index in [4.69, 9.17) is 4.74 Å². The molecule has 6 rings (SSSR count). The number of amides is 3. The lowest BCUT2D eigenvalue weighted by atomic mass is 9.76. The average molecular weight is 408 g/mol. The van der Waals surface area contributed by atoms with Crippen LogP contribution in [0.3, 0.4) is 0 Å². The number of nitrogens with zero attached hydrogens (tertiary/aromatic N) is 2. The monoisotopic (exact) mass is 408 g/mol. The first-order valence-electron chi connectivity index (χ1n) is 10.5. The van der Waals surface area contributed by atoms with Gasteiger partial charge in [-0.3, -0.25) is 14.4 Å². The van der Waals surface area contributed by atoms with Crippen molar-refractivity contribution >= 4 is 23.4 Å². The molecule has 5 unspecified atom stereocenters. The molecule has 0 aliphatic carbocycles. The summed E-state index contributed by atoms with van der Waals surface area (Å²) in [5.41, 5.74) is 0.0376. The molecule has 3 saturated heterocycles. The van der Waals surface area contributed by atoms with Crippen molar-refractivity contribution in [2.24, 2.45) is 11.8 Å². The van der Waals surface area contributed by atoms with Gasteiger partial charge in [-0.1, -0.05) is 24.3 Å². The number of likely N-dealkylation sites (tertiary alicyclic amines) is 2. The van der Waals surface area contributed by atoms with Crippen LogP contribution in [-0.2, 0) is 14.3 Å². The van der Waals surface area contributed by atoms with Crippen LogP contribution in [0.25, 0.3) is 0 Å². The van der Waals surface area contributed by atoms with E-state index in [-0.39, 0.29) is 23.8 Å². The van der Waals surface area contributed by atoms with Gasteiger partial charge in [0.15, 0.2) is 0 Å². The normalized spacial score (nSPS) is 38.5. The van der Waals surface area contributed by atoms with Gasteiger partial charge in [-0.15, -0.1) is 0 Å². The van der Waals surface area contributed by atoms with Crippen molar-refractivity contribution in [1.82, 2.24) is 15.1 Å². The minimum atomic E-state index is -0.693. The number of ether oxygens (including phenoxy) is 1. The summed E-state index contributed by atoms with van der Waals surface area (Å²) >= 11 is 0. The molecule has 2 N–H and O–H groups in total. The number of carbonyl (C=O) groups excluding carboxylic acids is 3. The number of hydrogen-bond donors (Lipinski definition) is 2. The van der Waals surface area contributed by atoms with E-state index in [2.05, 4.69) is 10.6 Å². The third-order valence-electron chi connectivity index (χ3n) is 7.28. The largest absolute Gasteiger partial charge is 0.361 e. The van der Waals surface area contributed by atoms with Crippen LogP contribution in [0.5, 0.6) is 0 Å². The molecule has 3 amide bonds. The van der Waals surface area contributed by atoms with Gasteiger partial charge in [-0.05, 0) is 25.0 Å². The smallest absolute Gasteiger partial charge is 0.255 e. The molecule has 1 aromatic carbocycles. The van der Waals surface area contributed by atoms with Gasteiger partial charge in [-0.2, -0.15) is 0 Å². The van der Waals surface area contributed by atoms with Crippen molar-refractivity contribution in [3.8, 4) is 0 Å². The summed E-state index contributed by atoms with van der Waals surface area (Å²) in [4.78, 5) is 42.6. The van der Waals surface area contributed by atoms with E-state index in [9.17, 15) is 14.4 Å². The van der Waals surface area contributed by atoms with E-state index in [0.29, 0.717) is 25.2 Å². The minimum Gasteiger partial charge on any atom is -0.361 e. The number of anilines is 1. The van der Waals surface area contributed by atoms with Gasteiger partial charge in [0.05, 0.1) is 36.6 Å². The molecule has 0 aromatic heterocycles. The lowest BCUT2D eigenvalue weighted by molar-refractivity contribution is -0.144. The van der Waals surface area contributed by atoms with Crippen LogP contribution >= 0.6 is 0 Å². The Labute approximate surface area is 174 Å². The maximum Gasteiger partial charge on any atom is 0.255 e. The Morgan fingerprint density at radius 2 is 2.03 bits per heavy atom. The Hall–Kier alpha value is -2.87. The van der Waals surface area contributed by atoms with Crippen molar-refractivity contribution in [2.75, 3.05) is 32.0 Å². The highest BCUT2D eigenvalue weighted by Crippen LogP contribution is 2.52. The molecule has 0 saturated carbocycles. The summed E-state index contributed by atoms with van der Waals surface area (Å²) in [7, 11) is 1.76. The third-order valence-corrected chi connectivity index (χ3v) is 7.28. The highest BCUT2D eigenvalue weighted by atomic mass is 16.5. The van der Waals surface area contributed by atoms with Crippen molar-refractivity contribution in [1.29, 1.82) is 0 Å².